The molecule has 0 fully saturated rings. The summed E-state index contributed by atoms with van der Waals surface area (Å²) < 4.78 is 0. The SMILES string of the molecule is CC[C@@H](Nc1c(Nc2cccc(C(=O)NCC(C)C)c2O)c(=O)c1=O)c1cccs1. The van der Waals surface area contributed by atoms with E-state index >= 15 is 0 Å². The average Bonchev–Trinajstić information content (AvgIpc) is 3.26. The van der Waals surface area contributed by atoms with Gasteiger partial charge in [0.15, 0.2) is 5.75 Å². The van der Waals surface area contributed by atoms with Gasteiger partial charge in [-0.15, -0.1) is 11.3 Å². The van der Waals surface area contributed by atoms with Gasteiger partial charge in [0.1, 0.15) is 11.4 Å². The van der Waals surface area contributed by atoms with Gasteiger partial charge in [-0.1, -0.05) is 32.9 Å². The molecule has 1 atom stereocenters. The minimum absolute atomic E-state index is 0.0880. The summed E-state index contributed by atoms with van der Waals surface area (Å²) in [5.74, 6) is -0.412. The highest BCUT2D eigenvalue weighted by Crippen LogP contribution is 2.33. The van der Waals surface area contributed by atoms with Crippen molar-refractivity contribution >= 4 is 34.3 Å². The highest BCUT2D eigenvalue weighted by molar-refractivity contribution is 7.10. The Kier molecular flexibility index (Phi) is 6.56. The van der Waals surface area contributed by atoms with E-state index in [0.717, 1.165) is 11.3 Å². The summed E-state index contributed by atoms with van der Waals surface area (Å²) in [6.07, 6.45) is 0.732. The third-order valence-corrected chi connectivity index (χ3v) is 5.72. The predicted octanol–water partition coefficient (Wildman–Crippen LogP) is 3.74. The highest BCUT2D eigenvalue weighted by atomic mass is 32.1. The number of hydrogen-bond acceptors (Lipinski definition) is 7. The fraction of sp³-hybridized carbons (Fsp3) is 0.318. The van der Waals surface area contributed by atoms with E-state index in [1.807, 2.05) is 38.3 Å². The maximum absolute atomic E-state index is 12.3. The molecule has 0 spiro atoms. The largest absolute Gasteiger partial charge is 0.505 e. The van der Waals surface area contributed by atoms with E-state index in [1.54, 1.807) is 23.5 Å². The van der Waals surface area contributed by atoms with E-state index in [0.29, 0.717) is 6.54 Å². The lowest BCUT2D eigenvalue weighted by Crippen LogP contribution is -2.37. The first kappa shape index (κ1) is 21.6. The molecular formula is C22H25N3O4S. The number of rotatable bonds is 9. The van der Waals surface area contributed by atoms with Gasteiger partial charge in [-0.25, -0.2) is 0 Å². The van der Waals surface area contributed by atoms with E-state index < -0.39 is 16.8 Å². The summed E-state index contributed by atoms with van der Waals surface area (Å²) in [6, 6.07) is 8.45. The summed E-state index contributed by atoms with van der Waals surface area (Å²) in [4.78, 5) is 37.7. The molecule has 0 saturated heterocycles. The number of para-hydroxylation sites is 1. The zero-order valence-electron chi connectivity index (χ0n) is 17.1. The smallest absolute Gasteiger partial charge is 0.255 e. The fourth-order valence-corrected chi connectivity index (χ4v) is 3.90. The second-order valence-corrected chi connectivity index (χ2v) is 8.44. The minimum Gasteiger partial charge on any atom is -0.505 e. The quantitative estimate of drug-likeness (QED) is 0.306. The molecule has 1 aromatic heterocycles. The van der Waals surface area contributed by atoms with Crippen molar-refractivity contribution in [3.8, 4) is 5.75 Å². The van der Waals surface area contributed by atoms with Crippen molar-refractivity contribution < 1.29 is 9.90 Å². The van der Waals surface area contributed by atoms with Crippen LogP contribution in [-0.2, 0) is 0 Å². The Bertz CT molecular complexity index is 1100. The highest BCUT2D eigenvalue weighted by Gasteiger charge is 2.25. The van der Waals surface area contributed by atoms with Gasteiger partial charge < -0.3 is 21.1 Å². The number of phenolic OH excluding ortho intramolecular Hbond substituents is 1. The van der Waals surface area contributed by atoms with E-state index in [1.165, 1.54) is 6.07 Å². The van der Waals surface area contributed by atoms with Crippen molar-refractivity contribution in [1.82, 2.24) is 5.32 Å². The lowest BCUT2D eigenvalue weighted by molar-refractivity contribution is 0.0946. The normalized spacial score (nSPS) is 12.1. The molecule has 8 heteroatoms. The Morgan fingerprint density at radius 2 is 1.83 bits per heavy atom. The molecule has 0 bridgehead atoms. The molecule has 0 aliphatic heterocycles. The maximum atomic E-state index is 12.3. The summed E-state index contributed by atoms with van der Waals surface area (Å²) in [6.45, 7) is 6.40. The molecule has 3 aromatic rings. The zero-order valence-corrected chi connectivity index (χ0v) is 17.9. The fourth-order valence-electron chi connectivity index (χ4n) is 3.04. The van der Waals surface area contributed by atoms with Crippen molar-refractivity contribution in [3.63, 3.8) is 0 Å². The molecular weight excluding hydrogens is 402 g/mol. The molecule has 0 aliphatic carbocycles. The second-order valence-electron chi connectivity index (χ2n) is 7.46. The number of carbonyl (C=O) groups excluding carboxylic acids is 1. The van der Waals surface area contributed by atoms with Crippen molar-refractivity contribution in [2.24, 2.45) is 5.92 Å². The second kappa shape index (κ2) is 9.13. The van der Waals surface area contributed by atoms with E-state index in [-0.39, 0.29) is 40.3 Å². The molecule has 1 heterocycles. The van der Waals surface area contributed by atoms with Crippen LogP contribution < -0.4 is 26.8 Å². The minimum atomic E-state index is -0.660. The van der Waals surface area contributed by atoms with E-state index in [4.69, 9.17) is 0 Å². The van der Waals surface area contributed by atoms with Crippen LogP contribution in [0.5, 0.6) is 5.75 Å². The van der Waals surface area contributed by atoms with Crippen LogP contribution in [-0.4, -0.2) is 17.6 Å². The Balaban J connectivity index is 1.83. The number of hydrogen-bond donors (Lipinski definition) is 4. The van der Waals surface area contributed by atoms with Gasteiger partial charge in [0.05, 0.1) is 17.3 Å². The molecule has 0 radical (unpaired) electrons. The first-order valence-electron chi connectivity index (χ1n) is 9.83. The third-order valence-electron chi connectivity index (χ3n) is 4.73. The molecule has 0 aliphatic rings. The molecule has 0 saturated carbocycles. The van der Waals surface area contributed by atoms with Crippen LogP contribution in [0, 0.1) is 5.92 Å². The molecule has 30 heavy (non-hydrogen) atoms. The van der Waals surface area contributed by atoms with Crippen LogP contribution >= 0.6 is 11.3 Å². The number of phenols is 1. The van der Waals surface area contributed by atoms with Crippen molar-refractivity contribution in [2.75, 3.05) is 17.2 Å². The predicted molar refractivity (Wildman–Crippen MR) is 121 cm³/mol. The van der Waals surface area contributed by atoms with E-state index in [2.05, 4.69) is 16.0 Å². The number of carbonyl (C=O) groups is 1. The first-order chi connectivity index (χ1) is 14.3. The molecule has 0 unspecified atom stereocenters. The van der Waals surface area contributed by atoms with Crippen molar-refractivity contribution in [1.29, 1.82) is 0 Å². The average molecular weight is 428 g/mol. The maximum Gasteiger partial charge on any atom is 0.255 e. The van der Waals surface area contributed by atoms with Gasteiger partial charge in [-0.2, -0.15) is 0 Å². The number of thiophene rings is 1. The number of aromatic hydroxyl groups is 1. The number of nitrogens with one attached hydrogen (secondary N) is 3. The Morgan fingerprint density at radius 1 is 1.10 bits per heavy atom. The van der Waals surface area contributed by atoms with Gasteiger partial charge in [-0.3, -0.25) is 14.4 Å². The van der Waals surface area contributed by atoms with Gasteiger partial charge in [0.25, 0.3) is 16.8 Å². The molecule has 3 rings (SSSR count). The van der Waals surface area contributed by atoms with Crippen molar-refractivity contribution in [3.05, 3.63) is 66.6 Å². The zero-order chi connectivity index (χ0) is 21.8. The summed E-state index contributed by atoms with van der Waals surface area (Å²) in [5.41, 5.74) is -0.699. The van der Waals surface area contributed by atoms with Gasteiger partial charge in [0, 0.05) is 11.4 Å². The standard InChI is InChI=1S/C22H25N3O4S/c1-4-14(16-9-6-10-30-16)24-17-18(21(28)20(17)27)25-15-8-5-7-13(19(15)26)22(29)23-11-12(2)3/h5-10,12,14,24-26H,4,11H2,1-3H3,(H,23,29)/t14-/m1/s1. The molecule has 158 valence electrons. The number of amides is 1. The van der Waals surface area contributed by atoms with Crippen LogP contribution in [0.3, 0.4) is 0 Å². The van der Waals surface area contributed by atoms with Gasteiger partial charge >= 0.3 is 0 Å². The Labute approximate surface area is 178 Å². The molecule has 7 nitrogen and oxygen atoms in total. The van der Waals surface area contributed by atoms with E-state index in [9.17, 15) is 19.5 Å². The summed E-state index contributed by atoms with van der Waals surface area (Å²) in [7, 11) is 0. The summed E-state index contributed by atoms with van der Waals surface area (Å²) >= 11 is 1.57. The topological polar surface area (TPSA) is 108 Å². The number of benzene rings is 1. The lowest BCUT2D eigenvalue weighted by atomic mass is 10.1. The van der Waals surface area contributed by atoms with Gasteiger partial charge in [0.2, 0.25) is 0 Å². The van der Waals surface area contributed by atoms with Crippen LogP contribution in [0.2, 0.25) is 0 Å². The molecule has 4 N–H and O–H groups in total. The first-order valence-corrected chi connectivity index (χ1v) is 10.7. The number of anilines is 3. The van der Waals surface area contributed by atoms with Crippen molar-refractivity contribution in [2.45, 2.75) is 33.2 Å². The summed E-state index contributed by atoms with van der Waals surface area (Å²) in [5, 5.41) is 21.2. The molecule has 1 amide bonds. The Hall–Kier alpha value is -3.13. The Morgan fingerprint density at radius 3 is 2.47 bits per heavy atom. The van der Waals surface area contributed by atoms with Crippen LogP contribution in [0.25, 0.3) is 0 Å². The molecule has 2 aromatic carbocycles. The third kappa shape index (κ3) is 4.38. The van der Waals surface area contributed by atoms with Crippen LogP contribution in [0.15, 0.2) is 45.3 Å². The van der Waals surface area contributed by atoms with Gasteiger partial charge in [-0.05, 0) is 35.9 Å². The van der Waals surface area contributed by atoms with Crippen LogP contribution in [0.1, 0.15) is 48.5 Å². The van der Waals surface area contributed by atoms with Crippen LogP contribution in [0.4, 0.5) is 17.1 Å². The lowest BCUT2D eigenvalue weighted by Gasteiger charge is -2.21. The monoisotopic (exact) mass is 427 g/mol.